The van der Waals surface area contributed by atoms with E-state index >= 15 is 0 Å². The average molecular weight is 561 g/mol. The molecule has 4 aromatic rings. The molecule has 0 saturated carbocycles. The molecule has 0 fully saturated rings. The maximum Gasteiger partial charge on any atom is 0.416 e. The number of benzene rings is 4. The Balaban J connectivity index is 1.59. The van der Waals surface area contributed by atoms with Crippen molar-refractivity contribution in [3.05, 3.63) is 119 Å². The minimum absolute atomic E-state index is 0.0582. The van der Waals surface area contributed by atoms with Crippen molar-refractivity contribution in [2.75, 3.05) is 0 Å². The van der Waals surface area contributed by atoms with Crippen molar-refractivity contribution in [1.29, 1.82) is 5.26 Å². The molecule has 0 atom stereocenters. The van der Waals surface area contributed by atoms with Crippen LogP contribution in [0.4, 0.5) is 39.5 Å². The fraction of sp³-hybridized carbons (Fsp3) is 0.100. The Kier molecular flexibility index (Phi) is 7.52. The van der Waals surface area contributed by atoms with Gasteiger partial charge in [-0.15, -0.1) is 0 Å². The highest BCUT2D eigenvalue weighted by Gasteiger charge is 2.37. The second-order valence-electron chi connectivity index (χ2n) is 8.74. The Bertz CT molecular complexity index is 1530. The first kappa shape index (κ1) is 28.5. The minimum Gasteiger partial charge on any atom is -0.192 e. The summed E-state index contributed by atoms with van der Waals surface area (Å²) in [6, 6.07) is 20.1. The van der Waals surface area contributed by atoms with Crippen molar-refractivity contribution >= 4 is 11.6 Å². The summed E-state index contributed by atoms with van der Waals surface area (Å²) < 4.78 is 118. The van der Waals surface area contributed by atoms with Crippen molar-refractivity contribution < 1.29 is 39.5 Å². The predicted octanol–water partition coefficient (Wildman–Crippen LogP) is 10.1. The Morgan fingerprint density at radius 3 is 1.32 bits per heavy atom. The normalized spacial score (nSPS) is 12.8. The lowest BCUT2D eigenvalue weighted by molar-refractivity contribution is -0.143. The molecule has 1 nitrogen and oxygen atoms in total. The van der Waals surface area contributed by atoms with Crippen LogP contribution in [0.3, 0.4) is 0 Å². The van der Waals surface area contributed by atoms with E-state index in [0.717, 1.165) is 12.1 Å². The summed E-state index contributed by atoms with van der Waals surface area (Å²) in [5, 5.41) is 9.64. The molecule has 10 heteroatoms. The van der Waals surface area contributed by atoms with E-state index < -0.39 is 35.2 Å². The third kappa shape index (κ3) is 6.54. The molecule has 0 saturated heterocycles. The van der Waals surface area contributed by atoms with Gasteiger partial charge in [0.25, 0.3) is 0 Å². The molecule has 0 aromatic heterocycles. The van der Waals surface area contributed by atoms with E-state index in [1.54, 1.807) is 24.3 Å². The third-order valence-corrected chi connectivity index (χ3v) is 6.00. The van der Waals surface area contributed by atoms with Gasteiger partial charge in [0.1, 0.15) is 0 Å². The van der Waals surface area contributed by atoms with Gasteiger partial charge >= 0.3 is 18.5 Å². The van der Waals surface area contributed by atoms with Crippen LogP contribution in [-0.2, 0) is 18.5 Å². The van der Waals surface area contributed by atoms with Crippen molar-refractivity contribution in [2.24, 2.45) is 0 Å². The van der Waals surface area contributed by atoms with Crippen LogP contribution in [0.1, 0.15) is 27.8 Å². The van der Waals surface area contributed by atoms with Gasteiger partial charge in [-0.1, -0.05) is 60.7 Å². The smallest absolute Gasteiger partial charge is 0.192 e. The van der Waals surface area contributed by atoms with Gasteiger partial charge in [0.05, 0.1) is 28.3 Å². The van der Waals surface area contributed by atoms with Crippen LogP contribution in [0.25, 0.3) is 33.9 Å². The second-order valence-corrected chi connectivity index (χ2v) is 8.74. The Hall–Kier alpha value is -4.52. The molecule has 0 N–H and O–H groups in total. The molecule has 4 rings (SSSR count). The zero-order chi connectivity index (χ0) is 29.3. The van der Waals surface area contributed by atoms with Gasteiger partial charge in [-0.2, -0.15) is 44.8 Å². The van der Waals surface area contributed by atoms with E-state index in [9.17, 15) is 44.8 Å². The molecule has 204 valence electrons. The molecule has 40 heavy (non-hydrogen) atoms. The summed E-state index contributed by atoms with van der Waals surface area (Å²) in [6.07, 6.45) is -12.9. The molecule has 0 aliphatic carbocycles. The van der Waals surface area contributed by atoms with E-state index in [0.29, 0.717) is 34.4 Å². The molecule has 0 aliphatic heterocycles. The van der Waals surface area contributed by atoms with Crippen LogP contribution >= 0.6 is 0 Å². The summed E-state index contributed by atoms with van der Waals surface area (Å²) in [7, 11) is 0. The zero-order valence-corrected chi connectivity index (χ0v) is 20.1. The first-order valence-electron chi connectivity index (χ1n) is 11.4. The maximum atomic E-state index is 13.2. The number of hydrogen-bond acceptors (Lipinski definition) is 1. The Labute approximate surface area is 222 Å². The highest BCUT2D eigenvalue weighted by Crippen LogP contribution is 2.39. The third-order valence-electron chi connectivity index (χ3n) is 6.00. The van der Waals surface area contributed by atoms with Gasteiger partial charge in [0, 0.05) is 0 Å². The molecule has 4 aromatic carbocycles. The highest BCUT2D eigenvalue weighted by molar-refractivity contribution is 5.90. The van der Waals surface area contributed by atoms with Crippen LogP contribution in [-0.4, -0.2) is 0 Å². The first-order valence-corrected chi connectivity index (χ1v) is 11.4. The number of halogens is 9. The highest BCUT2D eigenvalue weighted by atomic mass is 19.4. The second kappa shape index (κ2) is 10.6. The number of nitriles is 1. The van der Waals surface area contributed by atoms with E-state index in [1.165, 1.54) is 42.5 Å². The Morgan fingerprint density at radius 2 is 0.900 bits per heavy atom. The largest absolute Gasteiger partial charge is 0.416 e. The summed E-state index contributed by atoms with van der Waals surface area (Å²) in [6.45, 7) is 0. The molecule has 0 aliphatic rings. The molecule has 0 bridgehead atoms. The molecule has 0 heterocycles. The molecular weight excluding hydrogens is 545 g/mol. The van der Waals surface area contributed by atoms with Gasteiger partial charge in [-0.05, 0) is 69.8 Å². The standard InChI is InChI=1S/C30H16F9N/c31-28(32,33)25-11-9-20(10-12-25)19-5-7-22(8-6-19)24(17-40)13-18-1-3-21(4-2-18)23-14-26(29(34,35)36)16-27(15-23)30(37,38)39/h1-16H/b24-13+. The van der Waals surface area contributed by atoms with Crippen LogP contribution in [0.5, 0.6) is 0 Å². The van der Waals surface area contributed by atoms with E-state index in [1.807, 2.05) is 6.07 Å². The number of nitrogens with zero attached hydrogens (tertiary/aromatic N) is 1. The van der Waals surface area contributed by atoms with Gasteiger partial charge in [0.2, 0.25) is 0 Å². The summed E-state index contributed by atoms with van der Waals surface area (Å²) >= 11 is 0. The van der Waals surface area contributed by atoms with Crippen LogP contribution in [0.15, 0.2) is 91.0 Å². The fourth-order valence-electron chi connectivity index (χ4n) is 3.93. The number of allylic oxidation sites excluding steroid dienone is 1. The van der Waals surface area contributed by atoms with Gasteiger partial charge in [-0.25, -0.2) is 0 Å². The zero-order valence-electron chi connectivity index (χ0n) is 20.1. The topological polar surface area (TPSA) is 23.8 Å². The van der Waals surface area contributed by atoms with E-state index in [4.69, 9.17) is 0 Å². The average Bonchev–Trinajstić information content (AvgIpc) is 2.90. The first-order chi connectivity index (χ1) is 18.6. The molecule has 0 spiro atoms. The quantitative estimate of drug-likeness (QED) is 0.138. The maximum absolute atomic E-state index is 13.2. The predicted molar refractivity (Wildman–Crippen MR) is 132 cm³/mol. The lowest BCUT2D eigenvalue weighted by Crippen LogP contribution is -2.11. The number of rotatable bonds is 4. The summed E-state index contributed by atoms with van der Waals surface area (Å²) in [5.74, 6) is 0. The van der Waals surface area contributed by atoms with Crippen LogP contribution in [0, 0.1) is 11.3 Å². The van der Waals surface area contributed by atoms with Crippen molar-refractivity contribution in [3.8, 4) is 28.3 Å². The van der Waals surface area contributed by atoms with Crippen LogP contribution < -0.4 is 0 Å². The lowest BCUT2D eigenvalue weighted by atomic mass is 9.97. The fourth-order valence-corrected chi connectivity index (χ4v) is 3.93. The van der Waals surface area contributed by atoms with Gasteiger partial charge in [-0.3, -0.25) is 0 Å². The van der Waals surface area contributed by atoms with E-state index in [2.05, 4.69) is 0 Å². The number of alkyl halides is 9. The Morgan fingerprint density at radius 1 is 0.500 bits per heavy atom. The molecule has 0 amide bonds. The van der Waals surface area contributed by atoms with Crippen molar-refractivity contribution in [2.45, 2.75) is 18.5 Å². The van der Waals surface area contributed by atoms with Gasteiger partial charge in [0.15, 0.2) is 0 Å². The minimum atomic E-state index is -4.97. The molecule has 0 radical (unpaired) electrons. The molecule has 0 unspecified atom stereocenters. The summed E-state index contributed by atoms with van der Waals surface area (Å²) in [4.78, 5) is 0. The number of hydrogen-bond donors (Lipinski definition) is 0. The molecular formula is C30H16F9N. The lowest BCUT2D eigenvalue weighted by Gasteiger charge is -2.14. The van der Waals surface area contributed by atoms with Crippen LogP contribution in [0.2, 0.25) is 0 Å². The van der Waals surface area contributed by atoms with Gasteiger partial charge < -0.3 is 0 Å². The SMILES string of the molecule is N#C/C(=C\c1ccc(-c2cc(C(F)(F)F)cc(C(F)(F)F)c2)cc1)c1ccc(-c2ccc(C(F)(F)F)cc2)cc1. The van der Waals surface area contributed by atoms with Crippen molar-refractivity contribution in [3.63, 3.8) is 0 Å². The summed E-state index contributed by atoms with van der Waals surface area (Å²) in [5.41, 5.74) is -1.43. The van der Waals surface area contributed by atoms with Crippen molar-refractivity contribution in [1.82, 2.24) is 0 Å². The van der Waals surface area contributed by atoms with E-state index in [-0.39, 0.29) is 22.8 Å². The monoisotopic (exact) mass is 561 g/mol.